The Morgan fingerprint density at radius 2 is 2.05 bits per heavy atom. The topological polar surface area (TPSA) is 65.2 Å². The summed E-state index contributed by atoms with van der Waals surface area (Å²) in [4.78, 5) is 20.7. The van der Waals surface area contributed by atoms with Gasteiger partial charge in [0, 0.05) is 11.3 Å². The molecule has 1 aliphatic rings. The van der Waals surface area contributed by atoms with Gasteiger partial charge in [0.05, 0.1) is 0 Å². The van der Waals surface area contributed by atoms with Crippen LogP contribution in [0.15, 0.2) is 40.8 Å². The fourth-order valence-electron chi connectivity index (χ4n) is 2.70. The van der Waals surface area contributed by atoms with E-state index >= 15 is 0 Å². The molecule has 5 nitrogen and oxygen atoms in total. The summed E-state index contributed by atoms with van der Waals surface area (Å²) in [5, 5.41) is 0. The van der Waals surface area contributed by atoms with Crippen molar-refractivity contribution in [2.75, 3.05) is 6.61 Å². The minimum absolute atomic E-state index is 0.0930. The molecule has 2 aromatic heterocycles. The summed E-state index contributed by atoms with van der Waals surface area (Å²) < 4.78 is 10.9. The highest BCUT2D eigenvalue weighted by atomic mass is 16.6. The van der Waals surface area contributed by atoms with Crippen molar-refractivity contribution >= 4 is 17.0 Å². The van der Waals surface area contributed by atoms with Crippen LogP contribution in [-0.2, 0) is 12.8 Å². The van der Waals surface area contributed by atoms with E-state index in [1.165, 1.54) is 5.56 Å². The van der Waals surface area contributed by atoms with Crippen LogP contribution in [0.3, 0.4) is 0 Å². The zero-order valence-electron chi connectivity index (χ0n) is 11.9. The van der Waals surface area contributed by atoms with Gasteiger partial charge in [-0.1, -0.05) is 30.3 Å². The third kappa shape index (κ3) is 2.35. The van der Waals surface area contributed by atoms with Crippen LogP contribution in [0.25, 0.3) is 11.2 Å². The molecule has 0 aliphatic heterocycles. The van der Waals surface area contributed by atoms with Crippen molar-refractivity contribution in [3.05, 3.63) is 53.2 Å². The number of carbonyl (C=O) groups is 1. The normalized spacial score (nSPS) is 13.3. The highest BCUT2D eigenvalue weighted by Crippen LogP contribution is 2.26. The molecule has 3 aromatic rings. The van der Waals surface area contributed by atoms with Crippen molar-refractivity contribution < 1.29 is 13.9 Å². The Labute approximate surface area is 126 Å². The van der Waals surface area contributed by atoms with Crippen molar-refractivity contribution in [2.24, 2.45) is 0 Å². The van der Waals surface area contributed by atoms with E-state index in [2.05, 4.69) is 9.97 Å². The highest BCUT2D eigenvalue weighted by Gasteiger charge is 2.17. The van der Waals surface area contributed by atoms with Gasteiger partial charge in [0.25, 0.3) is 5.71 Å². The summed E-state index contributed by atoms with van der Waals surface area (Å²) in [6.07, 6.45) is 3.24. The second-order valence-corrected chi connectivity index (χ2v) is 5.33. The number of ketones is 1. The van der Waals surface area contributed by atoms with E-state index in [1.54, 1.807) is 12.1 Å². The molecule has 1 aromatic carbocycles. The van der Waals surface area contributed by atoms with Crippen molar-refractivity contribution in [3.63, 3.8) is 0 Å². The van der Waals surface area contributed by atoms with Crippen LogP contribution in [0.5, 0.6) is 6.08 Å². The third-order valence-corrected chi connectivity index (χ3v) is 3.82. The molecular formula is C17H14N2O3. The summed E-state index contributed by atoms with van der Waals surface area (Å²) in [5.41, 5.74) is 4.07. The zero-order chi connectivity index (χ0) is 14.9. The molecule has 0 fully saturated rings. The monoisotopic (exact) mass is 294 g/mol. The third-order valence-electron chi connectivity index (χ3n) is 3.82. The second kappa shape index (κ2) is 5.26. The Bertz CT molecular complexity index is 799. The SMILES string of the molecule is O=C(COc1nc2cc3c(nc2o1)CCC3)c1ccccc1. The molecule has 110 valence electrons. The number of hydrogen-bond donors (Lipinski definition) is 0. The number of fused-ring (bicyclic) bond motifs is 2. The number of aromatic nitrogens is 2. The van der Waals surface area contributed by atoms with Gasteiger partial charge < -0.3 is 9.15 Å². The Hall–Kier alpha value is -2.69. The maximum atomic E-state index is 12.0. The van der Waals surface area contributed by atoms with Crippen LogP contribution in [0, 0.1) is 0 Å². The molecule has 0 radical (unpaired) electrons. The number of Topliss-reactive ketones (excluding diaryl/α,β-unsaturated/α-hetero) is 1. The Morgan fingerprint density at radius 3 is 2.91 bits per heavy atom. The van der Waals surface area contributed by atoms with Gasteiger partial charge in [0.2, 0.25) is 0 Å². The molecule has 0 unspecified atom stereocenters. The Kier molecular flexibility index (Phi) is 3.11. The number of benzene rings is 1. The Balaban J connectivity index is 1.51. The van der Waals surface area contributed by atoms with Gasteiger partial charge in [-0.15, -0.1) is 0 Å². The molecule has 22 heavy (non-hydrogen) atoms. The molecule has 0 N–H and O–H groups in total. The molecule has 4 rings (SSSR count). The molecule has 0 saturated heterocycles. The minimum atomic E-state index is -0.113. The van der Waals surface area contributed by atoms with E-state index in [0.717, 1.165) is 25.0 Å². The van der Waals surface area contributed by atoms with Crippen molar-refractivity contribution in [1.29, 1.82) is 0 Å². The molecule has 0 bridgehead atoms. The van der Waals surface area contributed by atoms with E-state index in [4.69, 9.17) is 9.15 Å². The van der Waals surface area contributed by atoms with Crippen molar-refractivity contribution in [2.45, 2.75) is 19.3 Å². The molecule has 0 atom stereocenters. The average Bonchev–Trinajstić information content (AvgIpc) is 3.16. The maximum absolute atomic E-state index is 12.0. The number of pyridine rings is 1. The van der Waals surface area contributed by atoms with Crippen LogP contribution >= 0.6 is 0 Å². The number of carbonyl (C=O) groups excluding carboxylic acids is 1. The summed E-state index contributed by atoms with van der Waals surface area (Å²) in [6.45, 7) is -0.101. The maximum Gasteiger partial charge on any atom is 0.396 e. The van der Waals surface area contributed by atoms with Crippen LogP contribution in [0.4, 0.5) is 0 Å². The van der Waals surface area contributed by atoms with Gasteiger partial charge >= 0.3 is 6.08 Å². The van der Waals surface area contributed by atoms with Crippen molar-refractivity contribution in [3.8, 4) is 6.08 Å². The van der Waals surface area contributed by atoms with Crippen LogP contribution in [0.1, 0.15) is 28.0 Å². The molecule has 0 saturated carbocycles. The summed E-state index contributed by atoms with van der Waals surface area (Å²) in [7, 11) is 0. The van der Waals surface area contributed by atoms with Gasteiger partial charge in [0.1, 0.15) is 5.52 Å². The average molecular weight is 294 g/mol. The first-order chi connectivity index (χ1) is 10.8. The number of oxazole rings is 1. The van der Waals surface area contributed by atoms with Gasteiger partial charge in [-0.25, -0.2) is 4.98 Å². The first-order valence-corrected chi connectivity index (χ1v) is 7.30. The molecule has 2 heterocycles. The molecule has 0 amide bonds. The lowest BCUT2D eigenvalue weighted by Gasteiger charge is -2.00. The summed E-state index contributed by atoms with van der Waals surface area (Å²) in [5.74, 6) is -0.113. The lowest BCUT2D eigenvalue weighted by Crippen LogP contribution is -2.11. The smallest absolute Gasteiger partial charge is 0.396 e. The van der Waals surface area contributed by atoms with Gasteiger partial charge in [0.15, 0.2) is 12.4 Å². The number of nitrogens with zero attached hydrogens (tertiary/aromatic N) is 2. The van der Waals surface area contributed by atoms with Crippen LogP contribution in [0.2, 0.25) is 0 Å². The van der Waals surface area contributed by atoms with E-state index in [0.29, 0.717) is 16.8 Å². The van der Waals surface area contributed by atoms with E-state index < -0.39 is 0 Å². The molecule has 1 aliphatic carbocycles. The number of rotatable bonds is 4. The van der Waals surface area contributed by atoms with Crippen LogP contribution in [-0.4, -0.2) is 22.4 Å². The fourth-order valence-corrected chi connectivity index (χ4v) is 2.70. The lowest BCUT2D eigenvalue weighted by molar-refractivity contribution is 0.0895. The second-order valence-electron chi connectivity index (χ2n) is 5.33. The van der Waals surface area contributed by atoms with Gasteiger partial charge in [-0.3, -0.25) is 4.79 Å². The highest BCUT2D eigenvalue weighted by molar-refractivity contribution is 5.97. The largest absolute Gasteiger partial charge is 0.442 e. The number of hydrogen-bond acceptors (Lipinski definition) is 5. The predicted molar refractivity (Wildman–Crippen MR) is 80.1 cm³/mol. The predicted octanol–water partition coefficient (Wildman–Crippen LogP) is 2.97. The zero-order valence-corrected chi connectivity index (χ0v) is 11.9. The number of aryl methyl sites for hydroxylation is 2. The van der Waals surface area contributed by atoms with Crippen molar-refractivity contribution in [1.82, 2.24) is 9.97 Å². The Morgan fingerprint density at radius 1 is 1.18 bits per heavy atom. The summed E-state index contributed by atoms with van der Waals surface area (Å²) >= 11 is 0. The molecule has 0 spiro atoms. The lowest BCUT2D eigenvalue weighted by atomic mass is 10.1. The number of ether oxygens (including phenoxy) is 1. The minimum Gasteiger partial charge on any atom is -0.442 e. The van der Waals surface area contributed by atoms with Crippen LogP contribution < -0.4 is 4.74 Å². The molecular weight excluding hydrogens is 280 g/mol. The van der Waals surface area contributed by atoms with E-state index in [1.807, 2.05) is 24.3 Å². The molecule has 5 heteroatoms. The standard InChI is InChI=1S/C17H14N2O3/c20-15(11-5-2-1-3-6-11)10-21-17-19-14-9-12-7-4-8-13(12)18-16(14)22-17/h1-3,5-6,9H,4,7-8,10H2. The first kappa shape index (κ1) is 13.0. The van der Waals surface area contributed by atoms with Gasteiger partial charge in [-0.2, -0.15) is 4.98 Å². The fraction of sp³-hybridized carbons (Fsp3) is 0.235. The van der Waals surface area contributed by atoms with Gasteiger partial charge in [-0.05, 0) is 30.9 Å². The summed E-state index contributed by atoms with van der Waals surface area (Å²) in [6, 6.07) is 11.0. The van der Waals surface area contributed by atoms with E-state index in [-0.39, 0.29) is 18.5 Å². The first-order valence-electron chi connectivity index (χ1n) is 7.30. The van der Waals surface area contributed by atoms with E-state index in [9.17, 15) is 4.79 Å². The quantitative estimate of drug-likeness (QED) is 0.692.